The van der Waals surface area contributed by atoms with E-state index in [-0.39, 0.29) is 24.0 Å². The number of aliphatic hydroxyl groups is 1. The Kier molecular flexibility index (Phi) is 7.21. The van der Waals surface area contributed by atoms with Crippen molar-refractivity contribution in [2.45, 2.75) is 13.0 Å². The molecule has 2 aromatic rings. The number of alkyl halides is 1. The molecule has 1 unspecified atom stereocenters. The molecule has 0 spiro atoms. The summed E-state index contributed by atoms with van der Waals surface area (Å²) < 4.78 is 0. The minimum atomic E-state index is -0.697. The van der Waals surface area contributed by atoms with Crippen molar-refractivity contribution < 1.29 is 14.8 Å². The van der Waals surface area contributed by atoms with E-state index in [1.165, 1.54) is 31.2 Å². The summed E-state index contributed by atoms with van der Waals surface area (Å²) in [4.78, 5) is 21.6. The topological polar surface area (TPSA) is 129 Å². The van der Waals surface area contributed by atoms with Crippen LogP contribution in [0, 0.1) is 10.1 Å². The lowest BCUT2D eigenvalue weighted by atomic mass is 10.2. The number of azo groups is 1. The van der Waals surface area contributed by atoms with E-state index >= 15 is 0 Å². The number of hydrogen-bond donors (Lipinski definition) is 3. The van der Waals surface area contributed by atoms with E-state index in [4.69, 9.17) is 11.6 Å². The summed E-state index contributed by atoms with van der Waals surface area (Å²) in [6.07, 6.45) is -0.697. The van der Waals surface area contributed by atoms with Crippen molar-refractivity contribution in [2.24, 2.45) is 10.2 Å². The lowest BCUT2D eigenvalue weighted by molar-refractivity contribution is -0.384. The average Bonchev–Trinajstić information content (AvgIpc) is 2.65. The molecular weight excluding hydrogens is 374 g/mol. The maximum Gasteiger partial charge on any atom is 0.269 e. The third-order valence-electron chi connectivity index (χ3n) is 3.36. The lowest BCUT2D eigenvalue weighted by Gasteiger charge is -2.12. The number of anilines is 2. The van der Waals surface area contributed by atoms with Crippen LogP contribution in [0.4, 0.5) is 28.4 Å². The standard InChI is InChI=1S/C17H18ClN5O4/c1-11(24)20-17-8-13(19-10-15(25)9-18)4-7-16(17)22-21-12-2-5-14(6-3-12)23(26)27/h2-8,15,19,25H,9-10H2,1H3,(H,20,24). The van der Waals surface area contributed by atoms with Crippen LogP contribution in [0.1, 0.15) is 6.92 Å². The van der Waals surface area contributed by atoms with Crippen LogP contribution in [0.15, 0.2) is 52.7 Å². The van der Waals surface area contributed by atoms with Crippen LogP contribution < -0.4 is 10.6 Å². The first-order valence-electron chi connectivity index (χ1n) is 7.95. The molecule has 3 N–H and O–H groups in total. The number of nitrogens with zero attached hydrogens (tertiary/aromatic N) is 3. The molecule has 0 aliphatic rings. The Morgan fingerprint density at radius 1 is 1.26 bits per heavy atom. The number of amides is 1. The van der Waals surface area contributed by atoms with Gasteiger partial charge in [-0.15, -0.1) is 16.7 Å². The number of nitro groups is 1. The van der Waals surface area contributed by atoms with Gasteiger partial charge in [0, 0.05) is 31.3 Å². The van der Waals surface area contributed by atoms with Crippen molar-refractivity contribution in [1.82, 2.24) is 0 Å². The van der Waals surface area contributed by atoms with Crippen molar-refractivity contribution >= 4 is 45.9 Å². The Bertz CT molecular complexity index is 842. The first-order valence-corrected chi connectivity index (χ1v) is 8.48. The molecule has 0 heterocycles. The third kappa shape index (κ3) is 6.32. The maximum absolute atomic E-state index is 11.4. The molecule has 10 heteroatoms. The summed E-state index contributed by atoms with van der Waals surface area (Å²) >= 11 is 5.56. The monoisotopic (exact) mass is 391 g/mol. The predicted octanol–water partition coefficient (Wildman–Crippen LogP) is 3.98. The molecule has 2 rings (SSSR count). The largest absolute Gasteiger partial charge is 0.390 e. The van der Waals surface area contributed by atoms with Gasteiger partial charge in [0.15, 0.2) is 0 Å². The lowest BCUT2D eigenvalue weighted by Crippen LogP contribution is -2.20. The molecule has 142 valence electrons. The fourth-order valence-corrected chi connectivity index (χ4v) is 2.17. The van der Waals surface area contributed by atoms with Crippen molar-refractivity contribution in [3.8, 4) is 0 Å². The minimum absolute atomic E-state index is 0.0394. The second-order valence-corrected chi connectivity index (χ2v) is 5.88. The van der Waals surface area contributed by atoms with Gasteiger partial charge in [-0.1, -0.05) is 0 Å². The molecule has 0 radical (unpaired) electrons. The van der Waals surface area contributed by atoms with Crippen molar-refractivity contribution in [2.75, 3.05) is 23.1 Å². The van der Waals surface area contributed by atoms with Crippen LogP contribution in [0.2, 0.25) is 0 Å². The number of nitrogens with one attached hydrogen (secondary N) is 2. The number of hydrogen-bond acceptors (Lipinski definition) is 7. The van der Waals surface area contributed by atoms with E-state index in [0.29, 0.717) is 22.7 Å². The number of carbonyl (C=O) groups is 1. The molecule has 0 saturated heterocycles. The van der Waals surface area contributed by atoms with Gasteiger partial charge < -0.3 is 15.7 Å². The second kappa shape index (κ2) is 9.60. The van der Waals surface area contributed by atoms with E-state index in [1.807, 2.05) is 0 Å². The smallest absolute Gasteiger partial charge is 0.269 e. The van der Waals surface area contributed by atoms with Crippen molar-refractivity contribution in [1.29, 1.82) is 0 Å². The zero-order valence-electron chi connectivity index (χ0n) is 14.4. The highest BCUT2D eigenvalue weighted by Gasteiger charge is 2.08. The summed E-state index contributed by atoms with van der Waals surface area (Å²) in [5.41, 5.74) is 1.90. The fourth-order valence-electron chi connectivity index (χ4n) is 2.07. The van der Waals surface area contributed by atoms with Gasteiger partial charge in [-0.2, -0.15) is 5.11 Å². The molecule has 0 aromatic heterocycles. The molecule has 0 fully saturated rings. The molecule has 9 nitrogen and oxygen atoms in total. The molecule has 27 heavy (non-hydrogen) atoms. The SMILES string of the molecule is CC(=O)Nc1cc(NCC(O)CCl)ccc1N=Nc1ccc([N+](=O)[O-])cc1. The van der Waals surface area contributed by atoms with Gasteiger partial charge in [0.05, 0.1) is 28.3 Å². The van der Waals surface area contributed by atoms with Crippen LogP contribution in [0.3, 0.4) is 0 Å². The fraction of sp³-hybridized carbons (Fsp3) is 0.235. The summed E-state index contributed by atoms with van der Waals surface area (Å²) in [7, 11) is 0. The summed E-state index contributed by atoms with van der Waals surface area (Å²) in [5, 5.41) is 34.0. The number of aliphatic hydroxyl groups excluding tert-OH is 1. The van der Waals surface area contributed by atoms with Gasteiger partial charge in [-0.3, -0.25) is 14.9 Å². The van der Waals surface area contributed by atoms with E-state index < -0.39 is 11.0 Å². The van der Waals surface area contributed by atoms with Gasteiger partial charge in [-0.05, 0) is 30.3 Å². The molecule has 2 aromatic carbocycles. The number of rotatable bonds is 8. The molecule has 1 atom stereocenters. The number of benzene rings is 2. The number of non-ortho nitro benzene ring substituents is 1. The average molecular weight is 392 g/mol. The van der Waals surface area contributed by atoms with E-state index in [0.717, 1.165) is 0 Å². The molecule has 0 aliphatic carbocycles. The van der Waals surface area contributed by atoms with E-state index in [9.17, 15) is 20.0 Å². The molecule has 1 amide bonds. The molecular formula is C17H18ClN5O4. The normalized spacial score (nSPS) is 12.0. The van der Waals surface area contributed by atoms with Crippen molar-refractivity contribution in [3.05, 3.63) is 52.6 Å². The van der Waals surface area contributed by atoms with Crippen LogP contribution >= 0.6 is 11.6 Å². The van der Waals surface area contributed by atoms with Crippen LogP contribution in [-0.4, -0.2) is 34.5 Å². The maximum atomic E-state index is 11.4. The number of halogens is 1. The van der Waals surface area contributed by atoms with Gasteiger partial charge >= 0.3 is 0 Å². The van der Waals surface area contributed by atoms with Gasteiger partial charge in [0.1, 0.15) is 5.69 Å². The van der Waals surface area contributed by atoms with Crippen LogP contribution in [0.25, 0.3) is 0 Å². The van der Waals surface area contributed by atoms with Gasteiger partial charge in [-0.25, -0.2) is 0 Å². The summed E-state index contributed by atoms with van der Waals surface area (Å²) in [5.74, 6) is -0.174. The van der Waals surface area contributed by atoms with E-state index in [2.05, 4.69) is 20.9 Å². The Morgan fingerprint density at radius 2 is 1.96 bits per heavy atom. The number of nitro benzene ring substituents is 1. The molecule has 0 bridgehead atoms. The predicted molar refractivity (Wildman–Crippen MR) is 103 cm³/mol. The number of carbonyl (C=O) groups excluding carboxylic acids is 1. The first kappa shape index (κ1) is 20.3. The van der Waals surface area contributed by atoms with Crippen LogP contribution in [-0.2, 0) is 4.79 Å². The molecule has 0 aliphatic heterocycles. The summed E-state index contributed by atoms with van der Waals surface area (Å²) in [6, 6.07) is 10.6. The Hall–Kier alpha value is -3.04. The van der Waals surface area contributed by atoms with Crippen molar-refractivity contribution in [3.63, 3.8) is 0 Å². The molecule has 0 saturated carbocycles. The minimum Gasteiger partial charge on any atom is -0.390 e. The van der Waals surface area contributed by atoms with E-state index in [1.54, 1.807) is 18.2 Å². The Labute approximate surface area is 160 Å². The highest BCUT2D eigenvalue weighted by atomic mass is 35.5. The summed E-state index contributed by atoms with van der Waals surface area (Å²) in [6.45, 7) is 1.63. The van der Waals surface area contributed by atoms with Crippen LogP contribution in [0.5, 0.6) is 0 Å². The quantitative estimate of drug-likeness (QED) is 0.271. The second-order valence-electron chi connectivity index (χ2n) is 5.58. The Balaban J connectivity index is 2.20. The van der Waals surface area contributed by atoms with Gasteiger partial charge in [0.2, 0.25) is 5.91 Å². The van der Waals surface area contributed by atoms with Gasteiger partial charge in [0.25, 0.3) is 5.69 Å². The first-order chi connectivity index (χ1) is 12.9. The zero-order chi connectivity index (χ0) is 19.8. The third-order valence-corrected chi connectivity index (χ3v) is 3.72. The zero-order valence-corrected chi connectivity index (χ0v) is 15.2. The Morgan fingerprint density at radius 3 is 2.56 bits per heavy atom. The highest BCUT2D eigenvalue weighted by molar-refractivity contribution is 6.18. The highest BCUT2D eigenvalue weighted by Crippen LogP contribution is 2.30.